The van der Waals surface area contributed by atoms with Crippen LogP contribution in [0.4, 0.5) is 0 Å². The third-order valence-corrected chi connectivity index (χ3v) is 5.78. The van der Waals surface area contributed by atoms with Gasteiger partial charge >= 0.3 is 0 Å². The molecule has 0 saturated heterocycles. The molecule has 0 amide bonds. The molecule has 96 valence electrons. The third-order valence-electron chi connectivity index (χ3n) is 3.68. The smallest absolute Gasteiger partial charge is 0.0234 e. The fourth-order valence-electron chi connectivity index (χ4n) is 2.87. The summed E-state index contributed by atoms with van der Waals surface area (Å²) in [5.74, 6) is 0. The highest BCUT2D eigenvalue weighted by molar-refractivity contribution is 7.39. The maximum Gasteiger partial charge on any atom is -0.0234 e. The maximum atomic E-state index is 2.12. The Balaban J connectivity index is 0.000000386. The average Bonchev–Trinajstić information content (AvgIpc) is 2.33. The van der Waals surface area contributed by atoms with E-state index in [4.69, 9.17) is 0 Å². The van der Waals surface area contributed by atoms with Gasteiger partial charge in [-0.3, -0.25) is 0 Å². The molecule has 2 saturated carbocycles. The van der Waals surface area contributed by atoms with E-state index in [-0.39, 0.29) is 0 Å². The number of hydrogen-bond donors (Lipinski definition) is 0. The van der Waals surface area contributed by atoms with E-state index in [1.807, 2.05) is 0 Å². The van der Waals surface area contributed by atoms with Crippen molar-refractivity contribution < 1.29 is 0 Å². The summed E-state index contributed by atoms with van der Waals surface area (Å²) >= 11 is 0. The minimum absolute atomic E-state index is 1.15. The van der Waals surface area contributed by atoms with Crippen LogP contribution < -0.4 is 0 Å². The molecule has 2 fully saturated rings. The Hall–Kier alpha value is 0.430. The van der Waals surface area contributed by atoms with Crippen LogP contribution in [0.25, 0.3) is 0 Å². The molecule has 0 atom stereocenters. The van der Waals surface area contributed by atoms with Crippen molar-refractivity contribution in [1.82, 2.24) is 0 Å². The minimum Gasteiger partial charge on any atom is -0.116 e. The lowest BCUT2D eigenvalue weighted by Crippen LogP contribution is -2.14. The summed E-state index contributed by atoms with van der Waals surface area (Å²) in [6.07, 6.45) is 16.7. The van der Waals surface area contributed by atoms with Crippen molar-refractivity contribution in [3.8, 4) is 0 Å². The van der Waals surface area contributed by atoms with Crippen LogP contribution in [0.5, 0.6) is 0 Å². The summed E-state index contributed by atoms with van der Waals surface area (Å²) in [6.45, 7) is 4.25. The Bertz CT molecular complexity index is 128. The van der Waals surface area contributed by atoms with E-state index in [2.05, 4.69) is 13.8 Å². The Kier molecular flexibility index (Phi) is 8.57. The maximum absolute atomic E-state index is 2.12. The van der Waals surface area contributed by atoms with Crippen molar-refractivity contribution >= 4 is 8.58 Å². The standard InChI is InChI=1S/C12H23P.C3H8/c1-3-7-11(8-4-1)13-12-9-5-2-6-10-12;1-3-2/h11-13H,1-10H2;3H2,1-2H3. The molecule has 0 aromatic rings. The zero-order chi connectivity index (χ0) is 11.6. The monoisotopic (exact) mass is 242 g/mol. The van der Waals surface area contributed by atoms with Crippen molar-refractivity contribution in [3.63, 3.8) is 0 Å². The molecule has 0 nitrogen and oxygen atoms in total. The van der Waals surface area contributed by atoms with Crippen LogP contribution in [-0.4, -0.2) is 11.3 Å². The van der Waals surface area contributed by atoms with Gasteiger partial charge in [-0.15, -0.1) is 8.58 Å². The van der Waals surface area contributed by atoms with Crippen molar-refractivity contribution in [3.05, 3.63) is 0 Å². The summed E-state index contributed by atoms with van der Waals surface area (Å²) in [6, 6.07) is 0. The molecular formula is C15H31P. The zero-order valence-corrected chi connectivity index (χ0v) is 12.4. The Labute approximate surface area is 105 Å². The van der Waals surface area contributed by atoms with Crippen LogP contribution in [0, 0.1) is 0 Å². The Morgan fingerprint density at radius 1 is 0.688 bits per heavy atom. The highest BCUT2D eigenvalue weighted by atomic mass is 31.1. The van der Waals surface area contributed by atoms with Gasteiger partial charge in [-0.1, -0.05) is 58.8 Å². The number of rotatable bonds is 2. The van der Waals surface area contributed by atoms with Gasteiger partial charge in [0.25, 0.3) is 0 Å². The van der Waals surface area contributed by atoms with Crippen molar-refractivity contribution in [1.29, 1.82) is 0 Å². The predicted octanol–water partition coefficient (Wildman–Crippen LogP) is 5.75. The lowest BCUT2D eigenvalue weighted by molar-refractivity contribution is 0.490. The van der Waals surface area contributed by atoms with Crippen LogP contribution in [0.2, 0.25) is 0 Å². The molecule has 2 aliphatic rings. The first-order valence-corrected chi connectivity index (χ1v) is 8.78. The molecule has 0 aromatic carbocycles. The minimum atomic E-state index is 1.15. The largest absolute Gasteiger partial charge is 0.116 e. The quantitative estimate of drug-likeness (QED) is 0.541. The van der Waals surface area contributed by atoms with E-state index < -0.39 is 0 Å². The Morgan fingerprint density at radius 2 is 1.00 bits per heavy atom. The van der Waals surface area contributed by atoms with Crippen molar-refractivity contribution in [2.75, 3.05) is 0 Å². The molecule has 2 aliphatic carbocycles. The summed E-state index contributed by atoms with van der Waals surface area (Å²) in [7, 11) is 1.33. The van der Waals surface area contributed by atoms with Gasteiger partial charge in [0.15, 0.2) is 0 Å². The van der Waals surface area contributed by atoms with Crippen molar-refractivity contribution in [2.24, 2.45) is 0 Å². The van der Waals surface area contributed by atoms with Crippen LogP contribution in [0.3, 0.4) is 0 Å². The van der Waals surface area contributed by atoms with Crippen LogP contribution in [0.1, 0.15) is 84.5 Å². The molecule has 0 spiro atoms. The second kappa shape index (κ2) is 9.46. The molecule has 2 rings (SSSR count). The SMILES string of the molecule is C1CCC(PC2CCCCC2)CC1.CCC. The Morgan fingerprint density at radius 3 is 1.31 bits per heavy atom. The summed E-state index contributed by atoms with van der Waals surface area (Å²) in [5.41, 5.74) is 2.30. The molecule has 0 radical (unpaired) electrons. The fraction of sp³-hybridized carbons (Fsp3) is 1.00. The molecule has 0 unspecified atom stereocenters. The highest BCUT2D eigenvalue weighted by Crippen LogP contribution is 2.41. The van der Waals surface area contributed by atoms with Gasteiger partial charge in [0.2, 0.25) is 0 Å². The van der Waals surface area contributed by atoms with Crippen LogP contribution >= 0.6 is 8.58 Å². The van der Waals surface area contributed by atoms with Gasteiger partial charge in [0, 0.05) is 0 Å². The first-order chi connectivity index (χ1) is 7.86. The van der Waals surface area contributed by atoms with E-state index in [1.54, 1.807) is 25.7 Å². The topological polar surface area (TPSA) is 0 Å². The molecule has 0 heterocycles. The lowest BCUT2D eigenvalue weighted by atomic mass is 10.00. The third kappa shape index (κ3) is 6.24. The summed E-state index contributed by atoms with van der Waals surface area (Å²) < 4.78 is 0. The molecule has 0 bridgehead atoms. The molecule has 0 aliphatic heterocycles. The molecular weight excluding hydrogens is 211 g/mol. The van der Waals surface area contributed by atoms with E-state index >= 15 is 0 Å². The lowest BCUT2D eigenvalue weighted by Gasteiger charge is -2.28. The summed E-state index contributed by atoms with van der Waals surface area (Å²) in [5, 5.41) is 0. The van der Waals surface area contributed by atoms with Crippen LogP contribution in [0.15, 0.2) is 0 Å². The van der Waals surface area contributed by atoms with E-state index in [0.717, 1.165) is 11.3 Å². The van der Waals surface area contributed by atoms with Gasteiger partial charge in [0.1, 0.15) is 0 Å². The molecule has 1 heteroatoms. The number of hydrogen-bond acceptors (Lipinski definition) is 0. The van der Waals surface area contributed by atoms with Crippen LogP contribution in [-0.2, 0) is 0 Å². The zero-order valence-electron chi connectivity index (χ0n) is 11.4. The van der Waals surface area contributed by atoms with E-state index in [0.29, 0.717) is 0 Å². The first-order valence-electron chi connectivity index (χ1n) is 7.62. The second-order valence-corrected chi connectivity index (χ2v) is 7.51. The molecule has 16 heavy (non-hydrogen) atoms. The predicted molar refractivity (Wildman–Crippen MR) is 78.0 cm³/mol. The van der Waals surface area contributed by atoms with Gasteiger partial charge in [-0.25, -0.2) is 0 Å². The van der Waals surface area contributed by atoms with E-state index in [1.165, 1.54) is 53.5 Å². The van der Waals surface area contributed by atoms with Gasteiger partial charge in [-0.05, 0) is 37.0 Å². The van der Waals surface area contributed by atoms with Gasteiger partial charge < -0.3 is 0 Å². The summed E-state index contributed by atoms with van der Waals surface area (Å²) in [4.78, 5) is 0. The molecule has 0 aromatic heterocycles. The first kappa shape index (κ1) is 14.5. The normalized spacial score (nSPS) is 23.6. The van der Waals surface area contributed by atoms with Crippen molar-refractivity contribution in [2.45, 2.75) is 95.8 Å². The highest BCUT2D eigenvalue weighted by Gasteiger charge is 2.20. The van der Waals surface area contributed by atoms with E-state index in [9.17, 15) is 0 Å². The molecule has 0 N–H and O–H groups in total. The fourth-order valence-corrected chi connectivity index (χ4v) is 5.02. The average molecular weight is 242 g/mol. The van der Waals surface area contributed by atoms with Gasteiger partial charge in [-0.2, -0.15) is 0 Å². The van der Waals surface area contributed by atoms with Gasteiger partial charge in [0.05, 0.1) is 0 Å². The second-order valence-electron chi connectivity index (χ2n) is 5.54.